The Hall–Kier alpha value is -1.49. The van der Waals surface area contributed by atoms with E-state index in [0.29, 0.717) is 36.9 Å². The van der Waals surface area contributed by atoms with E-state index in [0.717, 1.165) is 25.7 Å². The van der Waals surface area contributed by atoms with Crippen LogP contribution < -0.4 is 0 Å². The maximum absolute atomic E-state index is 13.2. The monoisotopic (exact) mass is 416 g/mol. The second-order valence-electron chi connectivity index (χ2n) is 10.7. The number of Topliss-reactive ketones (excluding diaryl/α,β-unsaturated/α-hetero) is 2. The molecule has 1 N–H and O–H groups in total. The van der Waals surface area contributed by atoms with Gasteiger partial charge in [0, 0.05) is 30.6 Å². The number of rotatable bonds is 4. The Labute approximate surface area is 179 Å². The second-order valence-corrected chi connectivity index (χ2v) is 10.7. The van der Waals surface area contributed by atoms with Crippen LogP contribution in [0.1, 0.15) is 79.1 Å². The third kappa shape index (κ3) is 2.73. The molecule has 0 unspecified atom stereocenters. The highest BCUT2D eigenvalue weighted by atomic mass is 16.6. The Bertz CT molecular complexity index is 799. The van der Waals surface area contributed by atoms with Gasteiger partial charge in [-0.3, -0.25) is 14.4 Å². The number of hydrogen-bond donors (Lipinski definition) is 1. The van der Waals surface area contributed by atoms with Gasteiger partial charge in [-0.25, -0.2) is 0 Å². The Morgan fingerprint density at radius 2 is 2.00 bits per heavy atom. The number of aliphatic hydroxyl groups excluding tert-OH is 1. The second kappa shape index (κ2) is 7.29. The van der Waals surface area contributed by atoms with E-state index in [4.69, 9.17) is 4.74 Å². The van der Waals surface area contributed by atoms with Gasteiger partial charge in [0.1, 0.15) is 12.4 Å². The van der Waals surface area contributed by atoms with Crippen molar-refractivity contribution in [1.29, 1.82) is 0 Å². The minimum Gasteiger partial charge on any atom is -0.450 e. The van der Waals surface area contributed by atoms with Gasteiger partial charge in [-0.05, 0) is 55.3 Å². The summed E-state index contributed by atoms with van der Waals surface area (Å²) in [6.45, 7) is 7.58. The molecular formula is C25H36O5. The molecule has 166 valence electrons. The van der Waals surface area contributed by atoms with E-state index in [2.05, 4.69) is 19.9 Å². The number of allylic oxidation sites excluding steroid dienone is 2. The lowest BCUT2D eigenvalue weighted by Crippen LogP contribution is -2.60. The molecule has 30 heavy (non-hydrogen) atoms. The highest BCUT2D eigenvalue weighted by Gasteiger charge is 2.70. The summed E-state index contributed by atoms with van der Waals surface area (Å²) in [5.41, 5.74) is -0.232. The van der Waals surface area contributed by atoms with Crippen molar-refractivity contribution in [3.05, 3.63) is 11.6 Å². The first-order valence-electron chi connectivity index (χ1n) is 11.7. The first-order chi connectivity index (χ1) is 14.1. The minimum atomic E-state index is -1.26. The predicted octanol–water partition coefficient (Wildman–Crippen LogP) is 4.02. The molecule has 3 saturated carbocycles. The molecule has 0 aromatic carbocycles. The van der Waals surface area contributed by atoms with Crippen LogP contribution >= 0.6 is 0 Å². The molecule has 0 aromatic rings. The van der Waals surface area contributed by atoms with Crippen LogP contribution in [0.2, 0.25) is 0 Å². The molecule has 0 amide bonds. The van der Waals surface area contributed by atoms with Crippen LogP contribution in [0, 0.1) is 34.5 Å². The molecule has 0 aliphatic heterocycles. The number of carbonyl (C=O) groups is 3. The lowest BCUT2D eigenvalue weighted by Gasteiger charge is -2.57. The van der Waals surface area contributed by atoms with Crippen molar-refractivity contribution in [2.45, 2.75) is 84.7 Å². The largest absolute Gasteiger partial charge is 0.450 e. The maximum atomic E-state index is 13.2. The van der Waals surface area contributed by atoms with Crippen molar-refractivity contribution < 1.29 is 24.2 Å². The Kier molecular flexibility index (Phi) is 5.28. The van der Waals surface area contributed by atoms with E-state index < -0.39 is 17.6 Å². The third-order valence-electron chi connectivity index (χ3n) is 9.50. The van der Waals surface area contributed by atoms with Crippen molar-refractivity contribution >= 4 is 17.5 Å². The van der Waals surface area contributed by atoms with Crippen LogP contribution in [0.25, 0.3) is 0 Å². The van der Waals surface area contributed by atoms with Crippen molar-refractivity contribution in [2.75, 3.05) is 6.61 Å². The Balaban J connectivity index is 1.77. The zero-order valence-electron chi connectivity index (χ0n) is 18.8. The van der Waals surface area contributed by atoms with Gasteiger partial charge in [0.2, 0.25) is 5.78 Å². The molecule has 4 aliphatic carbocycles. The van der Waals surface area contributed by atoms with Crippen molar-refractivity contribution in [2.24, 2.45) is 34.5 Å². The summed E-state index contributed by atoms with van der Waals surface area (Å²) in [4.78, 5) is 37.7. The van der Waals surface area contributed by atoms with Crippen LogP contribution in [0.3, 0.4) is 0 Å². The van der Waals surface area contributed by atoms with E-state index in [1.807, 2.05) is 6.92 Å². The summed E-state index contributed by atoms with van der Waals surface area (Å²) in [7, 11) is 0. The highest BCUT2D eigenvalue weighted by molar-refractivity contribution is 5.92. The summed E-state index contributed by atoms with van der Waals surface area (Å²) in [6, 6.07) is 0. The molecule has 3 fully saturated rings. The van der Waals surface area contributed by atoms with E-state index in [1.165, 1.54) is 5.57 Å². The molecule has 5 nitrogen and oxygen atoms in total. The average Bonchev–Trinajstić information content (AvgIpc) is 2.95. The molecule has 4 aliphatic rings. The normalized spacial score (nSPS) is 45.1. The summed E-state index contributed by atoms with van der Waals surface area (Å²) >= 11 is 0. The molecule has 0 bridgehead atoms. The van der Waals surface area contributed by atoms with Crippen LogP contribution in [0.15, 0.2) is 11.6 Å². The number of fused-ring (bicyclic) bond motifs is 5. The van der Waals surface area contributed by atoms with Crippen LogP contribution in [-0.2, 0) is 19.1 Å². The fraction of sp³-hybridized carbons (Fsp3) is 0.800. The molecule has 0 aromatic heterocycles. The van der Waals surface area contributed by atoms with E-state index >= 15 is 0 Å². The van der Waals surface area contributed by atoms with Gasteiger partial charge >= 0.3 is 5.97 Å². The Morgan fingerprint density at radius 3 is 2.67 bits per heavy atom. The summed E-state index contributed by atoms with van der Waals surface area (Å²) in [5.74, 6) is 0.548. The van der Waals surface area contributed by atoms with Crippen LogP contribution in [0.5, 0.6) is 0 Å². The molecule has 0 saturated heterocycles. The number of esters is 1. The van der Waals surface area contributed by atoms with Gasteiger partial charge in [0.15, 0.2) is 5.60 Å². The first kappa shape index (κ1) is 21.7. The first-order valence-corrected chi connectivity index (χ1v) is 11.7. The van der Waals surface area contributed by atoms with Crippen molar-refractivity contribution in [3.63, 3.8) is 0 Å². The zero-order valence-corrected chi connectivity index (χ0v) is 18.8. The number of aliphatic hydroxyl groups is 1. The number of ketones is 2. The van der Waals surface area contributed by atoms with E-state index in [-0.39, 0.29) is 35.4 Å². The quantitative estimate of drug-likeness (QED) is 0.553. The molecule has 0 heterocycles. The van der Waals surface area contributed by atoms with Gasteiger partial charge < -0.3 is 9.84 Å². The number of hydrogen-bond acceptors (Lipinski definition) is 5. The van der Waals surface area contributed by atoms with Crippen LogP contribution in [0.4, 0.5) is 0 Å². The molecule has 0 spiro atoms. The Morgan fingerprint density at radius 1 is 1.27 bits per heavy atom. The number of carbonyl (C=O) groups excluding carboxylic acids is 3. The van der Waals surface area contributed by atoms with Crippen molar-refractivity contribution in [3.8, 4) is 0 Å². The van der Waals surface area contributed by atoms with Gasteiger partial charge in [-0.2, -0.15) is 0 Å². The average molecular weight is 417 g/mol. The topological polar surface area (TPSA) is 80.7 Å². The van der Waals surface area contributed by atoms with Gasteiger partial charge in [0.25, 0.3) is 0 Å². The van der Waals surface area contributed by atoms with Crippen molar-refractivity contribution in [1.82, 2.24) is 0 Å². The van der Waals surface area contributed by atoms with Gasteiger partial charge in [-0.15, -0.1) is 0 Å². The predicted molar refractivity (Wildman–Crippen MR) is 112 cm³/mol. The van der Waals surface area contributed by atoms with Crippen LogP contribution in [-0.4, -0.2) is 34.9 Å². The summed E-state index contributed by atoms with van der Waals surface area (Å²) in [6.07, 6.45) is 8.37. The highest BCUT2D eigenvalue weighted by Crippen LogP contribution is 2.68. The lowest BCUT2D eigenvalue weighted by molar-refractivity contribution is -0.190. The lowest BCUT2D eigenvalue weighted by atomic mass is 9.48. The fourth-order valence-electron chi connectivity index (χ4n) is 7.88. The fourth-order valence-corrected chi connectivity index (χ4v) is 7.88. The molecular weight excluding hydrogens is 380 g/mol. The third-order valence-corrected chi connectivity index (χ3v) is 9.50. The standard InChI is InChI=1S/C25H36O5/c1-5-22(29)30-25(21(28)14-26)15(2)12-20-18-7-6-16-13-17(27)8-10-23(16,3)19(18)9-11-24(20,25)4/h9,15-16,18,20,26H,5-8,10-14H2,1-4H3/t15-,16-,18+,20-,23-,24-,25+/m0/s1. The molecule has 5 heteroatoms. The summed E-state index contributed by atoms with van der Waals surface area (Å²) < 4.78 is 5.99. The van der Waals surface area contributed by atoms with Gasteiger partial charge in [0.05, 0.1) is 0 Å². The molecule has 0 radical (unpaired) electrons. The SMILES string of the molecule is CCC(=O)O[C@@]1(C(=O)CO)[C@@H](C)C[C@H]2[C@@H]3CC[C@H]4CC(=O)CC[C@]4(C)C3=CC[C@@]21C. The summed E-state index contributed by atoms with van der Waals surface area (Å²) in [5, 5.41) is 9.83. The minimum absolute atomic E-state index is 0.0632. The molecule has 4 rings (SSSR count). The van der Waals surface area contributed by atoms with E-state index in [9.17, 15) is 19.5 Å². The zero-order chi connectivity index (χ0) is 21.9. The number of ether oxygens (including phenoxy) is 1. The smallest absolute Gasteiger partial charge is 0.306 e. The van der Waals surface area contributed by atoms with Gasteiger partial charge in [-0.1, -0.05) is 39.3 Å². The van der Waals surface area contributed by atoms with E-state index in [1.54, 1.807) is 6.92 Å². The molecule has 7 atom stereocenters. The maximum Gasteiger partial charge on any atom is 0.306 e.